The summed E-state index contributed by atoms with van der Waals surface area (Å²) in [5, 5.41) is 4.39. The molecule has 1 N–H and O–H groups in total. The molecule has 0 spiro atoms. The summed E-state index contributed by atoms with van der Waals surface area (Å²) in [5.41, 5.74) is 0.534. The Kier molecular flexibility index (Phi) is 5.87. The molecule has 0 unspecified atom stereocenters. The van der Waals surface area contributed by atoms with Crippen molar-refractivity contribution >= 4 is 34.9 Å². The molecule has 2 rings (SSSR count). The van der Waals surface area contributed by atoms with Gasteiger partial charge in [0.2, 0.25) is 0 Å². The number of para-hydroxylation sites is 1. The first-order valence-electron chi connectivity index (χ1n) is 6.75. The maximum atomic E-state index is 11.8. The molecule has 0 aliphatic carbocycles. The molecule has 1 aromatic carbocycles. The van der Waals surface area contributed by atoms with Crippen molar-refractivity contribution in [3.63, 3.8) is 0 Å². The van der Waals surface area contributed by atoms with Crippen molar-refractivity contribution in [2.45, 2.75) is 6.42 Å². The molecule has 0 radical (unpaired) electrons. The van der Waals surface area contributed by atoms with Crippen molar-refractivity contribution in [1.29, 1.82) is 0 Å². The molecule has 23 heavy (non-hydrogen) atoms. The third-order valence-corrected chi connectivity index (χ3v) is 3.75. The zero-order chi connectivity index (χ0) is 16.7. The van der Waals surface area contributed by atoms with E-state index in [-0.39, 0.29) is 12.0 Å². The highest BCUT2D eigenvalue weighted by Crippen LogP contribution is 2.16. The zero-order valence-corrected chi connectivity index (χ0v) is 13.2. The lowest BCUT2D eigenvalue weighted by Crippen LogP contribution is -2.22. The predicted octanol–water partition coefficient (Wildman–Crippen LogP) is 2.26. The first-order valence-corrected chi connectivity index (χ1v) is 7.63. The van der Waals surface area contributed by atoms with Crippen LogP contribution < -0.4 is 5.32 Å². The maximum Gasteiger partial charge on any atom is 0.339 e. The summed E-state index contributed by atoms with van der Waals surface area (Å²) in [6.07, 6.45) is 0.129. The van der Waals surface area contributed by atoms with Crippen molar-refractivity contribution in [3.05, 3.63) is 52.2 Å². The molecule has 2 aromatic rings. The third kappa shape index (κ3) is 4.93. The van der Waals surface area contributed by atoms with Crippen molar-refractivity contribution in [1.82, 2.24) is 0 Å². The van der Waals surface area contributed by atoms with Gasteiger partial charge in [-0.2, -0.15) is 0 Å². The molecule has 6 nitrogen and oxygen atoms in total. The van der Waals surface area contributed by atoms with E-state index in [4.69, 9.17) is 4.74 Å². The molecule has 1 heterocycles. The highest BCUT2D eigenvalue weighted by molar-refractivity contribution is 7.10. The highest BCUT2D eigenvalue weighted by Gasteiger charge is 2.14. The minimum absolute atomic E-state index is 0.129. The number of thiophene rings is 1. The number of benzene rings is 1. The van der Waals surface area contributed by atoms with Crippen LogP contribution in [0.3, 0.4) is 0 Å². The van der Waals surface area contributed by atoms with Gasteiger partial charge in [0.25, 0.3) is 5.91 Å². The van der Waals surface area contributed by atoms with Gasteiger partial charge in [0, 0.05) is 4.88 Å². The smallest absolute Gasteiger partial charge is 0.339 e. The SMILES string of the molecule is COC(=O)c1ccccc1NC(=O)COC(=O)Cc1cccs1. The first-order chi connectivity index (χ1) is 11.1. The highest BCUT2D eigenvalue weighted by atomic mass is 32.1. The molecule has 0 aliphatic heterocycles. The van der Waals surface area contributed by atoms with Crippen LogP contribution >= 0.6 is 11.3 Å². The van der Waals surface area contributed by atoms with Crippen molar-refractivity contribution < 1.29 is 23.9 Å². The molecule has 0 saturated heterocycles. The molecular formula is C16H15NO5S. The molecule has 0 atom stereocenters. The van der Waals surface area contributed by atoms with E-state index >= 15 is 0 Å². The molecule has 120 valence electrons. The third-order valence-electron chi connectivity index (χ3n) is 2.87. The second-order valence-electron chi connectivity index (χ2n) is 4.50. The number of ether oxygens (including phenoxy) is 2. The Morgan fingerprint density at radius 3 is 2.61 bits per heavy atom. The normalized spacial score (nSPS) is 9.96. The monoisotopic (exact) mass is 333 g/mol. The summed E-state index contributed by atoms with van der Waals surface area (Å²) in [6, 6.07) is 10.1. The lowest BCUT2D eigenvalue weighted by molar-refractivity contribution is -0.146. The molecule has 0 fully saturated rings. The Morgan fingerprint density at radius 2 is 1.91 bits per heavy atom. The number of esters is 2. The van der Waals surface area contributed by atoms with Crippen LogP contribution in [-0.4, -0.2) is 31.6 Å². The lowest BCUT2D eigenvalue weighted by Gasteiger charge is -2.09. The van der Waals surface area contributed by atoms with Crippen LogP contribution in [0.25, 0.3) is 0 Å². The average molecular weight is 333 g/mol. The Morgan fingerprint density at radius 1 is 1.13 bits per heavy atom. The first kappa shape index (κ1) is 16.7. The molecule has 0 saturated carbocycles. The van der Waals surface area contributed by atoms with Gasteiger partial charge in [-0.1, -0.05) is 18.2 Å². The number of anilines is 1. The number of methoxy groups -OCH3 is 1. The fraction of sp³-hybridized carbons (Fsp3) is 0.188. The summed E-state index contributed by atoms with van der Waals surface area (Å²) < 4.78 is 9.56. The van der Waals surface area contributed by atoms with E-state index < -0.39 is 24.5 Å². The van der Waals surface area contributed by atoms with Crippen molar-refractivity contribution in [2.75, 3.05) is 19.0 Å². The largest absolute Gasteiger partial charge is 0.465 e. The van der Waals surface area contributed by atoms with Gasteiger partial charge in [0.1, 0.15) is 0 Å². The fourth-order valence-corrected chi connectivity index (χ4v) is 2.51. The molecular weight excluding hydrogens is 318 g/mol. The van der Waals surface area contributed by atoms with Gasteiger partial charge < -0.3 is 14.8 Å². The number of carbonyl (C=O) groups excluding carboxylic acids is 3. The average Bonchev–Trinajstić information content (AvgIpc) is 3.05. The number of rotatable bonds is 6. The summed E-state index contributed by atoms with van der Waals surface area (Å²) >= 11 is 1.44. The number of hydrogen-bond donors (Lipinski definition) is 1. The van der Waals surface area contributed by atoms with Gasteiger partial charge >= 0.3 is 11.9 Å². The van der Waals surface area contributed by atoms with E-state index in [0.717, 1.165) is 4.88 Å². The summed E-state index contributed by atoms with van der Waals surface area (Å²) in [5.74, 6) is -1.57. The van der Waals surface area contributed by atoms with E-state index in [1.807, 2.05) is 17.5 Å². The van der Waals surface area contributed by atoms with Gasteiger partial charge in [-0.3, -0.25) is 9.59 Å². The Hall–Kier alpha value is -2.67. The minimum Gasteiger partial charge on any atom is -0.465 e. The number of nitrogens with one attached hydrogen (secondary N) is 1. The lowest BCUT2D eigenvalue weighted by atomic mass is 10.2. The molecule has 7 heteroatoms. The topological polar surface area (TPSA) is 81.7 Å². The van der Waals surface area contributed by atoms with E-state index in [2.05, 4.69) is 10.1 Å². The van der Waals surface area contributed by atoms with Crippen LogP contribution in [0.5, 0.6) is 0 Å². The quantitative estimate of drug-likeness (QED) is 0.820. The molecule has 1 amide bonds. The van der Waals surface area contributed by atoms with E-state index in [1.165, 1.54) is 24.5 Å². The van der Waals surface area contributed by atoms with Gasteiger partial charge in [-0.15, -0.1) is 11.3 Å². The molecule has 0 bridgehead atoms. The fourth-order valence-electron chi connectivity index (χ4n) is 1.82. The van der Waals surface area contributed by atoms with E-state index in [1.54, 1.807) is 18.2 Å². The summed E-state index contributed by atoms with van der Waals surface area (Å²) in [4.78, 5) is 35.9. The second kappa shape index (κ2) is 8.09. The maximum absolute atomic E-state index is 11.8. The van der Waals surface area contributed by atoms with Crippen molar-refractivity contribution in [3.8, 4) is 0 Å². The van der Waals surface area contributed by atoms with Gasteiger partial charge in [-0.05, 0) is 23.6 Å². The Labute approximate surface area is 137 Å². The van der Waals surface area contributed by atoms with Gasteiger partial charge in [0.15, 0.2) is 6.61 Å². The van der Waals surface area contributed by atoms with Gasteiger partial charge in [0.05, 0.1) is 24.8 Å². The summed E-state index contributed by atoms with van der Waals surface area (Å²) in [6.45, 7) is -0.417. The Bertz CT molecular complexity index is 696. The minimum atomic E-state index is -0.560. The van der Waals surface area contributed by atoms with E-state index in [0.29, 0.717) is 5.69 Å². The van der Waals surface area contributed by atoms with Crippen LogP contribution in [0.2, 0.25) is 0 Å². The van der Waals surface area contributed by atoms with Gasteiger partial charge in [-0.25, -0.2) is 4.79 Å². The Balaban J connectivity index is 1.88. The van der Waals surface area contributed by atoms with Crippen LogP contribution in [-0.2, 0) is 25.5 Å². The predicted molar refractivity (Wildman–Crippen MR) is 85.4 cm³/mol. The van der Waals surface area contributed by atoms with Crippen LogP contribution in [0.1, 0.15) is 15.2 Å². The second-order valence-corrected chi connectivity index (χ2v) is 5.53. The van der Waals surface area contributed by atoms with Crippen LogP contribution in [0.4, 0.5) is 5.69 Å². The molecule has 1 aromatic heterocycles. The number of amides is 1. The van der Waals surface area contributed by atoms with Crippen LogP contribution in [0, 0.1) is 0 Å². The van der Waals surface area contributed by atoms with Crippen LogP contribution in [0.15, 0.2) is 41.8 Å². The molecule has 0 aliphatic rings. The van der Waals surface area contributed by atoms with E-state index in [9.17, 15) is 14.4 Å². The number of hydrogen-bond acceptors (Lipinski definition) is 6. The standard InChI is InChI=1S/C16H15NO5S/c1-21-16(20)12-6-2-3-7-13(12)17-14(18)10-22-15(19)9-11-5-4-8-23-11/h2-8H,9-10H2,1H3,(H,17,18). The van der Waals surface area contributed by atoms with Crippen molar-refractivity contribution in [2.24, 2.45) is 0 Å². The summed E-state index contributed by atoms with van der Waals surface area (Å²) in [7, 11) is 1.26. The zero-order valence-electron chi connectivity index (χ0n) is 12.4. The number of carbonyl (C=O) groups is 3.